The Morgan fingerprint density at radius 1 is 1.13 bits per heavy atom. The van der Waals surface area contributed by atoms with Crippen LogP contribution in [0.15, 0.2) is 36.5 Å². The second kappa shape index (κ2) is 11.9. The average molecular weight is 550 g/mol. The zero-order valence-corrected chi connectivity index (χ0v) is 21.2. The van der Waals surface area contributed by atoms with E-state index in [1.807, 2.05) is 6.07 Å². The van der Waals surface area contributed by atoms with E-state index in [0.29, 0.717) is 43.9 Å². The Morgan fingerprint density at radius 2 is 1.82 bits per heavy atom. The van der Waals surface area contributed by atoms with Crippen molar-refractivity contribution in [3.63, 3.8) is 0 Å². The molecule has 1 saturated heterocycles. The van der Waals surface area contributed by atoms with Crippen LogP contribution in [-0.4, -0.2) is 64.8 Å². The molecule has 0 atom stereocenters. The Balaban J connectivity index is 1.20. The topological polar surface area (TPSA) is 105 Å². The number of anilines is 1. The third kappa shape index (κ3) is 6.87. The van der Waals surface area contributed by atoms with Crippen molar-refractivity contribution < 1.29 is 27.6 Å². The fourth-order valence-corrected chi connectivity index (χ4v) is 4.84. The zero-order valence-electron chi connectivity index (χ0n) is 20.4. The highest BCUT2D eigenvalue weighted by Crippen LogP contribution is 2.38. The van der Waals surface area contributed by atoms with E-state index in [1.54, 1.807) is 12.3 Å². The Bertz CT molecular complexity index is 1190. The summed E-state index contributed by atoms with van der Waals surface area (Å²) in [6, 6.07) is 8.37. The van der Waals surface area contributed by atoms with Gasteiger partial charge >= 0.3 is 6.18 Å². The van der Waals surface area contributed by atoms with Gasteiger partial charge in [0, 0.05) is 38.4 Å². The van der Waals surface area contributed by atoms with Crippen molar-refractivity contribution in [1.82, 2.24) is 9.88 Å². The molecule has 0 radical (unpaired) electrons. The van der Waals surface area contributed by atoms with Crippen LogP contribution in [0.4, 0.5) is 24.7 Å². The number of nitrogens with zero attached hydrogens (tertiary/aromatic N) is 5. The van der Waals surface area contributed by atoms with Crippen molar-refractivity contribution in [2.45, 2.75) is 44.1 Å². The molecule has 202 valence electrons. The maximum Gasteiger partial charge on any atom is 0.423 e. The lowest BCUT2D eigenvalue weighted by Crippen LogP contribution is -2.49. The van der Waals surface area contributed by atoms with Crippen LogP contribution in [0.5, 0.6) is 5.75 Å². The number of nitriles is 1. The van der Waals surface area contributed by atoms with Gasteiger partial charge in [-0.3, -0.25) is 10.1 Å². The number of halogens is 3. The summed E-state index contributed by atoms with van der Waals surface area (Å²) < 4.78 is 51.4. The van der Waals surface area contributed by atoms with Gasteiger partial charge in [-0.1, -0.05) is 12.2 Å². The molecule has 2 aliphatic rings. The van der Waals surface area contributed by atoms with Crippen LogP contribution >= 0.6 is 12.2 Å². The minimum Gasteiger partial charge on any atom is -0.490 e. The van der Waals surface area contributed by atoms with Gasteiger partial charge in [0.15, 0.2) is 0 Å². The van der Waals surface area contributed by atoms with Crippen LogP contribution in [0.1, 0.15) is 36.8 Å². The first-order chi connectivity index (χ1) is 18.1. The molecular weight excluding hydrogens is 523 g/mol. The molecule has 0 bridgehead atoms. The molecule has 1 aliphatic heterocycles. The summed E-state index contributed by atoms with van der Waals surface area (Å²) in [5, 5.41) is 19.8. The van der Waals surface area contributed by atoms with Gasteiger partial charge in [-0.15, -0.1) is 0 Å². The van der Waals surface area contributed by atoms with E-state index in [2.05, 4.69) is 20.9 Å². The first-order valence-electron chi connectivity index (χ1n) is 12.2. The van der Waals surface area contributed by atoms with E-state index >= 15 is 0 Å². The number of hydrogen-bond acceptors (Lipinski definition) is 8. The second-order valence-corrected chi connectivity index (χ2v) is 9.62. The van der Waals surface area contributed by atoms with Gasteiger partial charge in [0.1, 0.15) is 28.2 Å². The lowest BCUT2D eigenvalue weighted by Gasteiger charge is -2.37. The Hall–Kier alpha value is -3.50. The van der Waals surface area contributed by atoms with E-state index in [0.717, 1.165) is 43.1 Å². The molecule has 1 aromatic heterocycles. The number of thiocarbonyl (C=S) groups is 1. The number of alkyl halides is 3. The predicted octanol–water partition coefficient (Wildman–Crippen LogP) is 4.74. The van der Waals surface area contributed by atoms with Gasteiger partial charge in [0.05, 0.1) is 29.3 Å². The normalized spacial score (nSPS) is 20.1. The number of piperazine rings is 1. The number of ether oxygens (including phenoxy) is 2. The van der Waals surface area contributed by atoms with E-state index in [4.69, 9.17) is 27.0 Å². The molecular formula is C25H26F3N5O4S. The molecule has 2 heterocycles. The van der Waals surface area contributed by atoms with Crippen LogP contribution < -0.4 is 9.64 Å². The van der Waals surface area contributed by atoms with Crippen molar-refractivity contribution in [3.8, 4) is 11.8 Å². The molecule has 0 amide bonds. The number of hydrogen-bond donors (Lipinski definition) is 0. The number of nitro groups is 1. The molecule has 4 rings (SSSR count). The maximum atomic E-state index is 13.2. The number of nitro benzene ring substituents is 1. The highest BCUT2D eigenvalue weighted by atomic mass is 32.1. The SMILES string of the molecule is N#Cc1ccc(N2CCN(C(=S)COC3CCC(Oc4ccc([N+](=O)[O-])c(C(F)(F)F)c4)CC3)CC2)nc1. The summed E-state index contributed by atoms with van der Waals surface area (Å²) in [6.45, 7) is 3.29. The zero-order chi connectivity index (χ0) is 27.3. The monoisotopic (exact) mass is 549 g/mol. The quantitative estimate of drug-likeness (QED) is 0.275. The number of rotatable bonds is 7. The fraction of sp³-hybridized carbons (Fsp3) is 0.480. The van der Waals surface area contributed by atoms with Crippen molar-refractivity contribution in [2.75, 3.05) is 37.7 Å². The summed E-state index contributed by atoms with van der Waals surface area (Å²) in [5.74, 6) is 0.789. The number of pyridine rings is 1. The van der Waals surface area contributed by atoms with Gasteiger partial charge in [0.2, 0.25) is 0 Å². The third-order valence-corrected chi connectivity index (χ3v) is 7.05. The van der Waals surface area contributed by atoms with Crippen molar-refractivity contribution in [1.29, 1.82) is 5.26 Å². The van der Waals surface area contributed by atoms with Crippen LogP contribution in [0.2, 0.25) is 0 Å². The maximum absolute atomic E-state index is 13.2. The molecule has 38 heavy (non-hydrogen) atoms. The molecule has 2 fully saturated rings. The average Bonchev–Trinajstić information content (AvgIpc) is 2.92. The van der Waals surface area contributed by atoms with E-state index in [1.165, 1.54) is 6.07 Å². The van der Waals surface area contributed by atoms with Gasteiger partial charge in [-0.05, 0) is 49.9 Å². The van der Waals surface area contributed by atoms with Crippen LogP contribution in [-0.2, 0) is 10.9 Å². The highest BCUT2D eigenvalue weighted by Gasteiger charge is 2.39. The summed E-state index contributed by atoms with van der Waals surface area (Å²) in [7, 11) is 0. The molecule has 2 aromatic rings. The van der Waals surface area contributed by atoms with E-state index < -0.39 is 22.4 Å². The minimum absolute atomic E-state index is 0.0282. The Morgan fingerprint density at radius 3 is 2.39 bits per heavy atom. The third-order valence-electron chi connectivity index (χ3n) is 6.67. The first-order valence-corrected chi connectivity index (χ1v) is 12.6. The molecule has 0 unspecified atom stereocenters. The molecule has 9 nitrogen and oxygen atoms in total. The molecule has 1 saturated carbocycles. The number of aromatic nitrogens is 1. The molecule has 1 aliphatic carbocycles. The van der Waals surface area contributed by atoms with E-state index in [-0.39, 0.29) is 18.0 Å². The second-order valence-electron chi connectivity index (χ2n) is 9.15. The van der Waals surface area contributed by atoms with Gasteiger partial charge in [-0.2, -0.15) is 18.4 Å². The van der Waals surface area contributed by atoms with Gasteiger partial charge in [-0.25, -0.2) is 4.98 Å². The fourth-order valence-electron chi connectivity index (χ4n) is 4.59. The standard InChI is InChI=1S/C25H26F3N5O4S/c26-25(27,28)21-13-20(6-7-22(21)33(34)35)37-19-4-2-18(3-5-19)36-16-24(38)32-11-9-31(10-12-32)23-8-1-17(14-29)15-30-23/h1,6-8,13,15,18-19H,2-5,9-12,16H2. The molecule has 1 aromatic carbocycles. The molecule has 13 heteroatoms. The van der Waals surface area contributed by atoms with Gasteiger partial charge < -0.3 is 19.3 Å². The van der Waals surface area contributed by atoms with Crippen LogP contribution in [0.25, 0.3) is 0 Å². The first kappa shape index (κ1) is 27.5. The minimum atomic E-state index is -4.85. The van der Waals surface area contributed by atoms with Gasteiger partial charge in [0.25, 0.3) is 5.69 Å². The van der Waals surface area contributed by atoms with Crippen molar-refractivity contribution >= 4 is 28.7 Å². The van der Waals surface area contributed by atoms with Crippen LogP contribution in [0.3, 0.4) is 0 Å². The van der Waals surface area contributed by atoms with Crippen molar-refractivity contribution in [2.24, 2.45) is 0 Å². The largest absolute Gasteiger partial charge is 0.490 e. The highest BCUT2D eigenvalue weighted by molar-refractivity contribution is 7.80. The summed E-state index contributed by atoms with van der Waals surface area (Å²) in [4.78, 5) is 19.2. The molecule has 0 spiro atoms. The smallest absolute Gasteiger partial charge is 0.423 e. The Labute approximate surface area is 222 Å². The van der Waals surface area contributed by atoms with Crippen LogP contribution in [0, 0.1) is 21.4 Å². The van der Waals surface area contributed by atoms with Crippen molar-refractivity contribution in [3.05, 3.63) is 57.8 Å². The Kier molecular flexibility index (Phi) is 8.63. The lowest BCUT2D eigenvalue weighted by atomic mass is 9.95. The summed E-state index contributed by atoms with van der Waals surface area (Å²) in [5.41, 5.74) is -1.79. The number of benzene rings is 1. The summed E-state index contributed by atoms with van der Waals surface area (Å²) >= 11 is 5.58. The molecule has 0 N–H and O–H groups in total. The lowest BCUT2D eigenvalue weighted by molar-refractivity contribution is -0.388. The van der Waals surface area contributed by atoms with E-state index in [9.17, 15) is 23.3 Å². The summed E-state index contributed by atoms with van der Waals surface area (Å²) in [6.07, 6.45) is -1.09. The predicted molar refractivity (Wildman–Crippen MR) is 136 cm³/mol.